The summed E-state index contributed by atoms with van der Waals surface area (Å²) in [6.07, 6.45) is 2.79. The summed E-state index contributed by atoms with van der Waals surface area (Å²) in [5, 5.41) is 3.04. The predicted molar refractivity (Wildman–Crippen MR) is 65.0 cm³/mol. The van der Waals surface area contributed by atoms with Crippen LogP contribution in [0.15, 0.2) is 36.7 Å². The Kier molecular flexibility index (Phi) is 3.00. The molecule has 17 heavy (non-hydrogen) atoms. The molecule has 0 fully saturated rings. The molecule has 0 aliphatic heterocycles. The Labute approximate surface area is 98.7 Å². The number of carbonyl (C=O) groups is 1. The van der Waals surface area contributed by atoms with Crippen molar-refractivity contribution in [2.75, 3.05) is 5.32 Å². The summed E-state index contributed by atoms with van der Waals surface area (Å²) in [6.45, 7) is 2.00. The molecule has 0 radical (unpaired) electrons. The van der Waals surface area contributed by atoms with Crippen LogP contribution in [0.3, 0.4) is 0 Å². The van der Waals surface area contributed by atoms with E-state index in [4.69, 9.17) is 5.73 Å². The number of aromatic nitrogens is 2. The number of aryl methyl sites for hydroxylation is 1. The molecular formula is C12H12N4O. The second kappa shape index (κ2) is 4.61. The maximum Gasteiger partial charge on any atom is 0.251 e. The Morgan fingerprint density at radius 2 is 2.00 bits per heavy atom. The normalized spacial score (nSPS) is 9.94. The molecule has 0 unspecified atom stereocenters. The van der Waals surface area contributed by atoms with Crippen molar-refractivity contribution in [2.45, 2.75) is 6.92 Å². The van der Waals surface area contributed by atoms with Crippen LogP contribution in [0.4, 0.5) is 11.6 Å². The lowest BCUT2D eigenvalue weighted by Crippen LogP contribution is -2.12. The zero-order valence-electron chi connectivity index (χ0n) is 9.34. The fourth-order valence-corrected chi connectivity index (χ4v) is 1.37. The summed E-state index contributed by atoms with van der Waals surface area (Å²) in [7, 11) is 0. The van der Waals surface area contributed by atoms with Gasteiger partial charge >= 0.3 is 0 Å². The van der Waals surface area contributed by atoms with Crippen LogP contribution in [-0.4, -0.2) is 15.9 Å². The zero-order valence-corrected chi connectivity index (χ0v) is 9.34. The molecule has 0 aliphatic rings. The number of hydrogen-bond donors (Lipinski definition) is 2. The van der Waals surface area contributed by atoms with Crippen LogP contribution in [0.25, 0.3) is 0 Å². The second-order valence-electron chi connectivity index (χ2n) is 3.65. The van der Waals surface area contributed by atoms with E-state index in [1.165, 1.54) is 12.4 Å². The number of rotatable bonds is 3. The van der Waals surface area contributed by atoms with Gasteiger partial charge in [0.25, 0.3) is 5.91 Å². The van der Waals surface area contributed by atoms with E-state index in [1.54, 1.807) is 0 Å². The van der Waals surface area contributed by atoms with Gasteiger partial charge in [0.15, 0.2) is 0 Å². The van der Waals surface area contributed by atoms with Gasteiger partial charge in [-0.2, -0.15) is 0 Å². The highest BCUT2D eigenvalue weighted by Crippen LogP contribution is 2.13. The number of hydrogen-bond acceptors (Lipinski definition) is 4. The largest absolute Gasteiger partial charge is 0.366 e. The highest BCUT2D eigenvalue weighted by atomic mass is 16.1. The van der Waals surface area contributed by atoms with E-state index >= 15 is 0 Å². The molecule has 0 aliphatic carbocycles. The molecule has 2 rings (SSSR count). The van der Waals surface area contributed by atoms with Gasteiger partial charge in [0.2, 0.25) is 5.95 Å². The molecule has 0 bridgehead atoms. The van der Waals surface area contributed by atoms with Gasteiger partial charge in [-0.1, -0.05) is 12.1 Å². The van der Waals surface area contributed by atoms with E-state index < -0.39 is 5.91 Å². The summed E-state index contributed by atoms with van der Waals surface area (Å²) in [5.74, 6) is -0.104. The molecule has 1 amide bonds. The van der Waals surface area contributed by atoms with Crippen LogP contribution in [0.1, 0.15) is 15.9 Å². The van der Waals surface area contributed by atoms with Crippen molar-refractivity contribution >= 4 is 17.5 Å². The van der Waals surface area contributed by atoms with Gasteiger partial charge in [0, 0.05) is 18.1 Å². The van der Waals surface area contributed by atoms with Gasteiger partial charge in [-0.15, -0.1) is 0 Å². The van der Waals surface area contributed by atoms with Crippen molar-refractivity contribution < 1.29 is 4.79 Å². The van der Waals surface area contributed by atoms with E-state index in [-0.39, 0.29) is 0 Å². The smallest absolute Gasteiger partial charge is 0.251 e. The lowest BCUT2D eigenvalue weighted by atomic mass is 10.2. The second-order valence-corrected chi connectivity index (χ2v) is 3.65. The van der Waals surface area contributed by atoms with Crippen molar-refractivity contribution in [1.29, 1.82) is 0 Å². The van der Waals surface area contributed by atoms with Crippen LogP contribution in [-0.2, 0) is 0 Å². The molecule has 86 valence electrons. The minimum absolute atomic E-state index is 0.291. The van der Waals surface area contributed by atoms with Gasteiger partial charge in [0.05, 0.1) is 5.56 Å². The Morgan fingerprint density at radius 3 is 2.59 bits per heavy atom. The summed E-state index contributed by atoms with van der Waals surface area (Å²) in [5.41, 5.74) is 7.43. The number of primary amides is 1. The van der Waals surface area contributed by atoms with Gasteiger partial charge in [-0.25, -0.2) is 9.97 Å². The minimum Gasteiger partial charge on any atom is -0.366 e. The number of benzene rings is 1. The Morgan fingerprint density at radius 1 is 1.29 bits per heavy atom. The van der Waals surface area contributed by atoms with Crippen molar-refractivity contribution in [1.82, 2.24) is 9.97 Å². The third-order valence-corrected chi connectivity index (χ3v) is 2.21. The fourth-order valence-electron chi connectivity index (χ4n) is 1.37. The average Bonchev–Trinajstić information content (AvgIpc) is 2.29. The number of nitrogens with zero attached hydrogens (tertiary/aromatic N) is 2. The van der Waals surface area contributed by atoms with Gasteiger partial charge in [-0.3, -0.25) is 4.79 Å². The third kappa shape index (κ3) is 2.78. The van der Waals surface area contributed by atoms with Crippen molar-refractivity contribution in [2.24, 2.45) is 5.73 Å². The molecular weight excluding hydrogens is 216 g/mol. The summed E-state index contributed by atoms with van der Waals surface area (Å²) < 4.78 is 0. The Balaban J connectivity index is 2.16. The molecule has 1 aromatic heterocycles. The monoisotopic (exact) mass is 228 g/mol. The third-order valence-electron chi connectivity index (χ3n) is 2.21. The molecule has 1 heterocycles. The van der Waals surface area contributed by atoms with Gasteiger partial charge in [-0.05, 0) is 24.6 Å². The van der Waals surface area contributed by atoms with Crippen molar-refractivity contribution in [3.8, 4) is 0 Å². The molecule has 0 saturated carbocycles. The number of anilines is 2. The predicted octanol–water partition coefficient (Wildman–Crippen LogP) is 1.63. The highest BCUT2D eigenvalue weighted by Gasteiger charge is 2.02. The van der Waals surface area contributed by atoms with Crippen molar-refractivity contribution in [3.63, 3.8) is 0 Å². The summed E-state index contributed by atoms with van der Waals surface area (Å²) in [4.78, 5) is 18.8. The number of amides is 1. The quantitative estimate of drug-likeness (QED) is 0.836. The summed E-state index contributed by atoms with van der Waals surface area (Å²) in [6, 6.07) is 7.83. The first kappa shape index (κ1) is 11.1. The Hall–Kier alpha value is -2.43. The number of carbonyl (C=O) groups excluding carboxylic acids is 1. The van der Waals surface area contributed by atoms with E-state index in [2.05, 4.69) is 15.3 Å². The first-order valence-corrected chi connectivity index (χ1v) is 5.11. The number of nitrogens with two attached hydrogens (primary N) is 1. The molecule has 2 aromatic rings. The van der Waals surface area contributed by atoms with Gasteiger partial charge < -0.3 is 11.1 Å². The molecule has 0 atom stereocenters. The Bertz CT molecular complexity index is 536. The van der Waals surface area contributed by atoms with Gasteiger partial charge in [0.1, 0.15) is 0 Å². The molecule has 3 N–H and O–H groups in total. The van der Waals surface area contributed by atoms with E-state index in [0.29, 0.717) is 11.5 Å². The summed E-state index contributed by atoms with van der Waals surface area (Å²) >= 11 is 0. The van der Waals surface area contributed by atoms with Crippen LogP contribution >= 0.6 is 0 Å². The number of nitrogens with one attached hydrogen (secondary N) is 1. The molecule has 5 heteroatoms. The topological polar surface area (TPSA) is 80.9 Å². The van der Waals surface area contributed by atoms with Crippen molar-refractivity contribution in [3.05, 3.63) is 47.8 Å². The van der Waals surface area contributed by atoms with Crippen LogP contribution in [0.2, 0.25) is 0 Å². The van der Waals surface area contributed by atoms with Crippen LogP contribution in [0.5, 0.6) is 0 Å². The fraction of sp³-hybridized carbons (Fsp3) is 0.0833. The molecule has 1 aromatic carbocycles. The lowest BCUT2D eigenvalue weighted by molar-refractivity contribution is 0.0999. The van der Waals surface area contributed by atoms with E-state index in [1.807, 2.05) is 31.2 Å². The maximum absolute atomic E-state index is 10.8. The molecule has 5 nitrogen and oxygen atoms in total. The first-order valence-electron chi connectivity index (χ1n) is 5.11. The maximum atomic E-state index is 10.8. The van der Waals surface area contributed by atoms with Crippen LogP contribution in [0, 0.1) is 6.92 Å². The minimum atomic E-state index is -0.535. The highest BCUT2D eigenvalue weighted by molar-refractivity contribution is 5.92. The average molecular weight is 228 g/mol. The lowest BCUT2D eigenvalue weighted by Gasteiger charge is -2.05. The standard InChI is InChI=1S/C12H12N4O/c1-8-3-2-4-10(5-8)16-12-14-6-9(7-15-12)11(13)17/h2-7H,1H3,(H2,13,17)(H,14,15,16). The molecule has 0 saturated heterocycles. The first-order chi connectivity index (χ1) is 8.15. The van der Waals surface area contributed by atoms with E-state index in [9.17, 15) is 4.79 Å². The molecule has 0 spiro atoms. The SMILES string of the molecule is Cc1cccc(Nc2ncc(C(N)=O)cn2)c1. The zero-order chi connectivity index (χ0) is 12.3. The van der Waals surface area contributed by atoms with E-state index in [0.717, 1.165) is 11.3 Å². The van der Waals surface area contributed by atoms with Crippen LogP contribution < -0.4 is 11.1 Å².